The van der Waals surface area contributed by atoms with E-state index in [-0.39, 0.29) is 10.6 Å². The van der Waals surface area contributed by atoms with Gasteiger partial charge in [0.05, 0.1) is 5.02 Å². The Labute approximate surface area is 117 Å². The maximum Gasteiger partial charge on any atom is 0.411 e. The van der Waals surface area contributed by atoms with E-state index in [1.165, 1.54) is 13.0 Å². The van der Waals surface area contributed by atoms with E-state index in [1.54, 1.807) is 5.32 Å². The zero-order valence-corrected chi connectivity index (χ0v) is 10.9. The number of ketones is 1. The van der Waals surface area contributed by atoms with E-state index in [4.69, 9.17) is 21.4 Å². The minimum atomic E-state index is -1.73. The lowest BCUT2D eigenvalue weighted by Gasteiger charge is -2.24. The summed E-state index contributed by atoms with van der Waals surface area (Å²) in [5.41, 5.74) is -1.62. The smallest absolute Gasteiger partial charge is 0.411 e. The summed E-state index contributed by atoms with van der Waals surface area (Å²) in [4.78, 5) is 22.6. The van der Waals surface area contributed by atoms with E-state index in [0.29, 0.717) is 0 Å². The number of aliphatic hydroxyl groups excluding tert-OH is 1. The predicted molar refractivity (Wildman–Crippen MR) is 65.7 cm³/mol. The van der Waals surface area contributed by atoms with E-state index >= 15 is 0 Å². The Hall–Kier alpha value is -2.28. The molecule has 3 N–H and O–H groups in total. The van der Waals surface area contributed by atoms with Crippen LogP contribution in [0.5, 0.6) is 0 Å². The fraction of sp³-hybridized carbons (Fsp3) is 0.167. The highest BCUT2D eigenvalue weighted by Gasteiger charge is 2.49. The fourth-order valence-corrected chi connectivity index (χ4v) is 2.21. The van der Waals surface area contributed by atoms with Crippen molar-refractivity contribution in [2.75, 3.05) is 0 Å². The summed E-state index contributed by atoms with van der Waals surface area (Å²) < 4.78 is 18.2. The summed E-state index contributed by atoms with van der Waals surface area (Å²) in [6, 6.07) is 3.29. The van der Waals surface area contributed by atoms with Gasteiger partial charge in [-0.05, 0) is 19.1 Å². The Balaban J connectivity index is 2.43. The average Bonchev–Trinajstić information content (AvgIpc) is 2.54. The number of amides is 1. The lowest BCUT2D eigenvalue weighted by molar-refractivity contribution is -0.131. The molecule has 106 valence electrons. The zero-order chi connectivity index (χ0) is 15.1. The Morgan fingerprint density at radius 1 is 1.50 bits per heavy atom. The Morgan fingerprint density at radius 3 is 2.70 bits per heavy atom. The van der Waals surface area contributed by atoms with Crippen molar-refractivity contribution in [2.45, 2.75) is 12.5 Å². The molecular weight excluding hydrogens is 293 g/mol. The molecule has 6 nitrogen and oxygen atoms in total. The minimum Gasteiger partial charge on any atom is -0.501 e. The number of hydrogen-bond acceptors (Lipinski definition) is 4. The van der Waals surface area contributed by atoms with Crippen molar-refractivity contribution < 1.29 is 28.9 Å². The molecule has 0 spiro atoms. The second-order valence-corrected chi connectivity index (χ2v) is 4.60. The zero-order valence-electron chi connectivity index (χ0n) is 10.1. The van der Waals surface area contributed by atoms with Gasteiger partial charge in [-0.25, -0.2) is 9.18 Å². The second kappa shape index (κ2) is 4.68. The number of nitrogens with one attached hydrogen (secondary N) is 1. The van der Waals surface area contributed by atoms with Gasteiger partial charge >= 0.3 is 6.09 Å². The molecule has 1 aromatic rings. The van der Waals surface area contributed by atoms with Crippen LogP contribution in [0.4, 0.5) is 9.18 Å². The molecule has 1 unspecified atom stereocenters. The molecule has 1 heterocycles. The molecule has 8 heteroatoms. The van der Waals surface area contributed by atoms with Crippen LogP contribution in [0, 0.1) is 5.82 Å². The van der Waals surface area contributed by atoms with Crippen LogP contribution in [0.2, 0.25) is 5.02 Å². The molecule has 0 fully saturated rings. The van der Waals surface area contributed by atoms with Crippen molar-refractivity contribution in [3.63, 3.8) is 0 Å². The van der Waals surface area contributed by atoms with Gasteiger partial charge in [0, 0.05) is 5.56 Å². The van der Waals surface area contributed by atoms with Gasteiger partial charge in [-0.2, -0.15) is 0 Å². The summed E-state index contributed by atoms with van der Waals surface area (Å²) in [6.45, 7) is 1.29. The number of rotatable bonds is 2. The van der Waals surface area contributed by atoms with Gasteiger partial charge in [-0.1, -0.05) is 17.7 Å². The highest BCUT2D eigenvalue weighted by Crippen LogP contribution is 2.40. The van der Waals surface area contributed by atoms with Crippen LogP contribution in [0.15, 0.2) is 29.8 Å². The van der Waals surface area contributed by atoms with Crippen molar-refractivity contribution in [1.29, 1.82) is 0 Å². The lowest BCUT2D eigenvalue weighted by atomic mass is 9.91. The number of hydrogen-bond donors (Lipinski definition) is 3. The number of benzene rings is 1. The molecule has 1 amide bonds. The largest absolute Gasteiger partial charge is 0.501 e. The second-order valence-electron chi connectivity index (χ2n) is 4.20. The van der Waals surface area contributed by atoms with Gasteiger partial charge in [-0.15, -0.1) is 0 Å². The first-order valence-electron chi connectivity index (χ1n) is 5.38. The standard InChI is InChI=1S/C12H9ClFNO5/c1-12(6-3-2-5(14)4-7(6)13)9(17)8(16)10(20-12)15-11(18)19/h2-4,15-16H,1H3,(H,18,19). The first-order chi connectivity index (χ1) is 9.25. The van der Waals surface area contributed by atoms with Crippen LogP contribution in [0.1, 0.15) is 12.5 Å². The van der Waals surface area contributed by atoms with Crippen LogP contribution >= 0.6 is 11.6 Å². The third-order valence-corrected chi connectivity index (χ3v) is 3.15. The molecule has 0 aromatic heterocycles. The van der Waals surface area contributed by atoms with Gasteiger partial charge in [0.15, 0.2) is 0 Å². The summed E-state index contributed by atoms with van der Waals surface area (Å²) >= 11 is 5.86. The van der Waals surface area contributed by atoms with Gasteiger partial charge in [0.25, 0.3) is 5.78 Å². The maximum atomic E-state index is 13.0. The number of carbonyl (C=O) groups excluding carboxylic acids is 1. The van der Waals surface area contributed by atoms with E-state index in [0.717, 1.165) is 12.1 Å². The van der Waals surface area contributed by atoms with Gasteiger partial charge in [0.2, 0.25) is 17.2 Å². The average molecular weight is 302 g/mol. The minimum absolute atomic E-state index is 0.0785. The highest BCUT2D eigenvalue weighted by molar-refractivity contribution is 6.32. The van der Waals surface area contributed by atoms with Crippen LogP contribution in [-0.4, -0.2) is 22.1 Å². The highest BCUT2D eigenvalue weighted by atomic mass is 35.5. The topological polar surface area (TPSA) is 95.9 Å². The first-order valence-corrected chi connectivity index (χ1v) is 5.76. The molecule has 0 saturated carbocycles. The predicted octanol–water partition coefficient (Wildman–Crippen LogP) is 2.29. The number of ether oxygens (including phenoxy) is 1. The number of Topliss-reactive ketones (excluding diaryl/α,β-unsaturated/α-hetero) is 1. The molecule has 0 saturated heterocycles. The van der Waals surface area contributed by atoms with Gasteiger partial charge in [0.1, 0.15) is 5.82 Å². The van der Waals surface area contributed by atoms with Crippen molar-refractivity contribution in [3.8, 4) is 0 Å². The number of carboxylic acid groups (broad SMARTS) is 1. The molecule has 1 atom stereocenters. The molecule has 0 bridgehead atoms. The summed E-state index contributed by atoms with van der Waals surface area (Å²) in [5.74, 6) is -2.94. The van der Waals surface area contributed by atoms with Crippen molar-refractivity contribution in [2.24, 2.45) is 0 Å². The summed E-state index contributed by atoms with van der Waals surface area (Å²) in [6.07, 6.45) is -1.51. The molecule has 2 rings (SSSR count). The van der Waals surface area contributed by atoms with Crippen LogP contribution in [-0.2, 0) is 15.1 Å². The molecule has 0 radical (unpaired) electrons. The van der Waals surface area contributed by atoms with E-state index in [1.807, 2.05) is 0 Å². The molecule has 1 aliphatic heterocycles. The van der Waals surface area contributed by atoms with E-state index < -0.39 is 34.9 Å². The SMILES string of the molecule is CC1(c2ccc(F)cc2Cl)OC(NC(=O)O)=C(O)C1=O. The molecule has 1 aromatic carbocycles. The third kappa shape index (κ3) is 2.16. The Morgan fingerprint density at radius 2 is 2.15 bits per heavy atom. The van der Waals surface area contributed by atoms with E-state index in [2.05, 4.69) is 0 Å². The number of halogens is 2. The summed E-state index contributed by atoms with van der Waals surface area (Å²) in [7, 11) is 0. The van der Waals surface area contributed by atoms with Crippen LogP contribution in [0.3, 0.4) is 0 Å². The van der Waals surface area contributed by atoms with E-state index in [9.17, 15) is 19.1 Å². The molecule has 0 aliphatic carbocycles. The maximum absolute atomic E-state index is 13.0. The lowest BCUT2D eigenvalue weighted by Crippen LogP contribution is -2.32. The normalized spacial score (nSPS) is 21.9. The molecular formula is C12H9ClFNO5. The fourth-order valence-electron chi connectivity index (χ4n) is 1.86. The first kappa shape index (κ1) is 14.1. The monoisotopic (exact) mass is 301 g/mol. The molecule has 1 aliphatic rings. The van der Waals surface area contributed by atoms with Crippen molar-refractivity contribution >= 4 is 23.5 Å². The molecule has 20 heavy (non-hydrogen) atoms. The Kier molecular flexibility index (Phi) is 3.31. The van der Waals surface area contributed by atoms with Gasteiger partial charge < -0.3 is 14.9 Å². The van der Waals surface area contributed by atoms with Crippen LogP contribution < -0.4 is 5.32 Å². The Bertz CT molecular complexity index is 645. The van der Waals surface area contributed by atoms with Crippen molar-refractivity contribution in [3.05, 3.63) is 46.2 Å². The number of aliphatic hydroxyl groups is 1. The van der Waals surface area contributed by atoms with Crippen LogP contribution in [0.25, 0.3) is 0 Å². The van der Waals surface area contributed by atoms with Gasteiger partial charge in [-0.3, -0.25) is 10.1 Å². The third-order valence-electron chi connectivity index (χ3n) is 2.84. The summed E-state index contributed by atoms with van der Waals surface area (Å²) in [5, 5.41) is 19.9. The number of carbonyl (C=O) groups is 2. The van der Waals surface area contributed by atoms with Crippen molar-refractivity contribution in [1.82, 2.24) is 5.32 Å². The quantitative estimate of drug-likeness (QED) is 0.779.